The molecule has 1 amide bonds. The number of nitrogens with zero attached hydrogens (tertiary/aromatic N) is 1. The molecule has 2 N–H and O–H groups in total. The molecule has 28 heavy (non-hydrogen) atoms. The molecule has 0 saturated heterocycles. The zero-order valence-corrected chi connectivity index (χ0v) is 18.3. The normalized spacial score (nSPS) is 17.6. The van der Waals surface area contributed by atoms with Crippen LogP contribution in [0.25, 0.3) is 0 Å². The zero-order chi connectivity index (χ0) is 20.0. The highest BCUT2D eigenvalue weighted by atomic mass is 79.9. The first kappa shape index (κ1) is 22.5. The molecule has 1 saturated carbocycles. The first-order valence-corrected chi connectivity index (χ1v) is 11.4. The summed E-state index contributed by atoms with van der Waals surface area (Å²) in [5, 5.41) is 15.6. The molecule has 0 atom stereocenters. The molecule has 1 fully saturated rings. The SMILES string of the molecule is N#C/C(=C/NCc1ccc(Br)cc1)C(=O)NC1CCCCCCCCCCC1. The van der Waals surface area contributed by atoms with Crippen LogP contribution < -0.4 is 10.6 Å². The van der Waals surface area contributed by atoms with Gasteiger partial charge in [-0.1, -0.05) is 85.9 Å². The molecule has 1 aromatic carbocycles. The van der Waals surface area contributed by atoms with E-state index >= 15 is 0 Å². The van der Waals surface area contributed by atoms with E-state index in [2.05, 4.69) is 26.6 Å². The Bertz CT molecular complexity index is 651. The smallest absolute Gasteiger partial charge is 0.263 e. The molecule has 1 aromatic rings. The van der Waals surface area contributed by atoms with Crippen LogP contribution in [0.1, 0.15) is 76.2 Å². The minimum absolute atomic E-state index is 0.142. The minimum Gasteiger partial charge on any atom is -0.386 e. The van der Waals surface area contributed by atoms with Gasteiger partial charge in [-0.05, 0) is 30.5 Å². The summed E-state index contributed by atoms with van der Waals surface area (Å²) in [7, 11) is 0. The maximum absolute atomic E-state index is 12.6. The Labute approximate surface area is 177 Å². The molecule has 0 radical (unpaired) electrons. The van der Waals surface area contributed by atoms with E-state index in [1.165, 1.54) is 51.1 Å². The lowest BCUT2D eigenvalue weighted by Gasteiger charge is -2.19. The van der Waals surface area contributed by atoms with Crippen molar-refractivity contribution in [2.24, 2.45) is 0 Å². The summed E-state index contributed by atoms with van der Waals surface area (Å²) < 4.78 is 1.03. The fourth-order valence-corrected chi connectivity index (χ4v) is 3.86. The van der Waals surface area contributed by atoms with Gasteiger partial charge in [0.25, 0.3) is 5.91 Å². The zero-order valence-electron chi connectivity index (χ0n) is 16.7. The molecule has 0 unspecified atom stereocenters. The van der Waals surface area contributed by atoms with Gasteiger partial charge in [-0.3, -0.25) is 4.79 Å². The van der Waals surface area contributed by atoms with Gasteiger partial charge < -0.3 is 10.6 Å². The van der Waals surface area contributed by atoms with Gasteiger partial charge in [-0.25, -0.2) is 0 Å². The van der Waals surface area contributed by atoms with Gasteiger partial charge in [-0.2, -0.15) is 5.26 Å². The van der Waals surface area contributed by atoms with Gasteiger partial charge >= 0.3 is 0 Å². The number of carbonyl (C=O) groups excluding carboxylic acids is 1. The fraction of sp³-hybridized carbons (Fsp3) is 0.565. The Kier molecular flexibility index (Phi) is 10.8. The molecule has 152 valence electrons. The highest BCUT2D eigenvalue weighted by molar-refractivity contribution is 9.10. The summed E-state index contributed by atoms with van der Waals surface area (Å²) in [6.45, 7) is 0.579. The summed E-state index contributed by atoms with van der Waals surface area (Å²) >= 11 is 3.41. The van der Waals surface area contributed by atoms with Gasteiger partial charge in [0.05, 0.1) is 0 Å². The van der Waals surface area contributed by atoms with Crippen LogP contribution in [-0.4, -0.2) is 11.9 Å². The molecular formula is C23H32BrN3O. The van der Waals surface area contributed by atoms with E-state index < -0.39 is 0 Å². The summed E-state index contributed by atoms with van der Waals surface area (Å²) in [4.78, 5) is 12.6. The number of halogens is 1. The van der Waals surface area contributed by atoms with Crippen molar-refractivity contribution in [1.82, 2.24) is 10.6 Å². The largest absolute Gasteiger partial charge is 0.386 e. The number of nitriles is 1. The van der Waals surface area contributed by atoms with Crippen LogP contribution in [0.3, 0.4) is 0 Å². The van der Waals surface area contributed by atoms with Crippen molar-refractivity contribution < 1.29 is 4.79 Å². The van der Waals surface area contributed by atoms with E-state index in [1.807, 2.05) is 30.3 Å². The third-order valence-corrected chi connectivity index (χ3v) is 5.80. The monoisotopic (exact) mass is 445 g/mol. The molecule has 1 aliphatic rings. The summed E-state index contributed by atoms with van der Waals surface area (Å²) in [5.41, 5.74) is 1.24. The number of rotatable bonds is 5. The molecule has 0 heterocycles. The third kappa shape index (κ3) is 8.93. The summed E-state index contributed by atoms with van der Waals surface area (Å²) in [6, 6.07) is 10.2. The van der Waals surface area contributed by atoms with E-state index in [0.29, 0.717) is 6.54 Å². The molecular weight excluding hydrogens is 414 g/mol. The number of hydrogen-bond donors (Lipinski definition) is 2. The van der Waals surface area contributed by atoms with Gasteiger partial charge in [0.15, 0.2) is 0 Å². The predicted molar refractivity (Wildman–Crippen MR) is 117 cm³/mol. The Hall–Kier alpha value is -1.80. The molecule has 4 nitrogen and oxygen atoms in total. The van der Waals surface area contributed by atoms with E-state index in [9.17, 15) is 10.1 Å². The molecule has 1 aliphatic carbocycles. The Morgan fingerprint density at radius 2 is 1.54 bits per heavy atom. The topological polar surface area (TPSA) is 64.9 Å². The van der Waals surface area contributed by atoms with Crippen molar-refractivity contribution in [3.63, 3.8) is 0 Å². The second kappa shape index (κ2) is 13.4. The molecule has 2 rings (SSSR count). The van der Waals surface area contributed by atoms with Crippen molar-refractivity contribution in [3.8, 4) is 6.07 Å². The number of hydrogen-bond acceptors (Lipinski definition) is 3. The average molecular weight is 446 g/mol. The first-order chi connectivity index (χ1) is 13.7. The van der Waals surface area contributed by atoms with E-state index in [1.54, 1.807) is 0 Å². The summed E-state index contributed by atoms with van der Waals surface area (Å²) in [6.07, 6.45) is 15.0. The van der Waals surface area contributed by atoms with Crippen LogP contribution in [0.4, 0.5) is 0 Å². The molecule has 0 aromatic heterocycles. The number of amides is 1. The van der Waals surface area contributed by atoms with Gasteiger partial charge in [0.1, 0.15) is 11.6 Å². The lowest BCUT2D eigenvalue weighted by molar-refractivity contribution is -0.117. The van der Waals surface area contributed by atoms with Crippen LogP contribution in [0, 0.1) is 11.3 Å². The highest BCUT2D eigenvalue weighted by Crippen LogP contribution is 2.17. The van der Waals surface area contributed by atoms with Crippen LogP contribution in [0.15, 0.2) is 40.5 Å². The third-order valence-electron chi connectivity index (χ3n) is 5.27. The van der Waals surface area contributed by atoms with E-state index in [-0.39, 0.29) is 17.5 Å². The second-order valence-corrected chi connectivity index (χ2v) is 8.52. The number of benzene rings is 1. The van der Waals surface area contributed by atoms with Gasteiger partial charge in [0, 0.05) is 23.3 Å². The van der Waals surface area contributed by atoms with Crippen molar-refractivity contribution >= 4 is 21.8 Å². The van der Waals surface area contributed by atoms with E-state index in [0.717, 1.165) is 35.7 Å². The quantitative estimate of drug-likeness (QED) is 0.448. The number of nitrogens with one attached hydrogen (secondary N) is 2. The van der Waals surface area contributed by atoms with Crippen LogP contribution >= 0.6 is 15.9 Å². The van der Waals surface area contributed by atoms with Crippen molar-refractivity contribution in [1.29, 1.82) is 5.26 Å². The number of carbonyl (C=O) groups is 1. The van der Waals surface area contributed by atoms with Gasteiger partial charge in [-0.15, -0.1) is 0 Å². The predicted octanol–water partition coefficient (Wildman–Crippen LogP) is 5.74. The standard InChI is InChI=1S/C23H32BrN3O/c24-21-14-12-19(13-15-21)17-26-18-20(16-25)23(28)27-22-10-8-6-4-2-1-3-5-7-9-11-22/h12-15,18,22,26H,1-11,17H2,(H,27,28)/b20-18-. The molecule has 0 aliphatic heterocycles. The van der Waals surface area contributed by atoms with Crippen molar-refractivity contribution in [3.05, 3.63) is 46.1 Å². The molecule has 0 spiro atoms. The van der Waals surface area contributed by atoms with Crippen molar-refractivity contribution in [2.45, 2.75) is 83.2 Å². The average Bonchev–Trinajstić information content (AvgIpc) is 2.68. The second-order valence-electron chi connectivity index (χ2n) is 7.61. The van der Waals surface area contributed by atoms with Crippen LogP contribution in [0.2, 0.25) is 0 Å². The lowest BCUT2D eigenvalue weighted by atomic mass is 9.98. The van der Waals surface area contributed by atoms with Gasteiger partial charge in [0.2, 0.25) is 0 Å². The van der Waals surface area contributed by atoms with Crippen LogP contribution in [0.5, 0.6) is 0 Å². The molecule has 0 bridgehead atoms. The Morgan fingerprint density at radius 1 is 1.00 bits per heavy atom. The highest BCUT2D eigenvalue weighted by Gasteiger charge is 2.15. The summed E-state index contributed by atoms with van der Waals surface area (Å²) in [5.74, 6) is -0.261. The van der Waals surface area contributed by atoms with E-state index in [4.69, 9.17) is 0 Å². The maximum atomic E-state index is 12.6. The lowest BCUT2D eigenvalue weighted by Crippen LogP contribution is -2.36. The molecule has 5 heteroatoms. The van der Waals surface area contributed by atoms with Crippen molar-refractivity contribution in [2.75, 3.05) is 0 Å². The maximum Gasteiger partial charge on any atom is 0.263 e. The fourth-order valence-electron chi connectivity index (χ4n) is 3.59. The Morgan fingerprint density at radius 3 is 2.07 bits per heavy atom. The van der Waals surface area contributed by atoms with Crippen LogP contribution in [-0.2, 0) is 11.3 Å². The minimum atomic E-state index is -0.261. The first-order valence-electron chi connectivity index (χ1n) is 10.6. The Balaban J connectivity index is 1.85.